The van der Waals surface area contributed by atoms with Crippen molar-refractivity contribution in [2.45, 2.75) is 32.7 Å². The summed E-state index contributed by atoms with van der Waals surface area (Å²) in [6.45, 7) is 6.32. The fourth-order valence-electron chi connectivity index (χ4n) is 4.45. The molecule has 0 fully saturated rings. The number of nitrogens with zero attached hydrogens (tertiary/aromatic N) is 3. The van der Waals surface area contributed by atoms with Crippen LogP contribution < -0.4 is 0 Å². The summed E-state index contributed by atoms with van der Waals surface area (Å²) in [5.74, 6) is 0.657. The molecule has 0 aliphatic heterocycles. The second-order valence-corrected chi connectivity index (χ2v) is 9.10. The molecule has 1 heterocycles. The molecule has 0 bridgehead atoms. The minimum absolute atomic E-state index is 0.0861. The molecule has 196 valence electrons. The smallest absolute Gasteiger partial charge is 0.203 e. The average Bonchev–Trinajstić information content (AvgIpc) is 3.28. The van der Waals surface area contributed by atoms with Gasteiger partial charge in [0, 0.05) is 30.3 Å². The zero-order valence-electron chi connectivity index (χ0n) is 21.8. The number of aromatic nitrogens is 2. The van der Waals surface area contributed by atoms with Crippen molar-refractivity contribution in [2.24, 2.45) is 4.99 Å². The minimum Gasteiger partial charge on any atom is -0.508 e. The molecular weight excluding hydrogens is 488 g/mol. The summed E-state index contributed by atoms with van der Waals surface area (Å²) in [5.41, 5.74) is 5.36. The quantitative estimate of drug-likeness (QED) is 0.140. The van der Waals surface area contributed by atoms with E-state index in [-0.39, 0.29) is 23.7 Å². The Morgan fingerprint density at radius 1 is 1.03 bits per heavy atom. The number of hydrogen-bond donors (Lipinski definition) is 2. The first kappa shape index (κ1) is 27.1. The van der Waals surface area contributed by atoms with Gasteiger partial charge >= 0.3 is 0 Å². The molecule has 0 atom stereocenters. The lowest BCUT2D eigenvalue weighted by Crippen LogP contribution is -2.05. The number of carbonyl (C=O) groups is 2. The molecule has 0 unspecified atom stereocenters. The lowest BCUT2D eigenvalue weighted by Gasteiger charge is -2.10. The van der Waals surface area contributed by atoms with E-state index in [1.807, 2.05) is 43.3 Å². The van der Waals surface area contributed by atoms with Crippen molar-refractivity contribution in [3.63, 3.8) is 0 Å². The number of ketones is 2. The molecular formula is C32H30N4O3. The Balaban J connectivity index is 1.45. The van der Waals surface area contributed by atoms with E-state index < -0.39 is 0 Å². The van der Waals surface area contributed by atoms with E-state index in [9.17, 15) is 14.7 Å². The molecule has 0 aliphatic carbocycles. The second kappa shape index (κ2) is 12.6. The second-order valence-electron chi connectivity index (χ2n) is 9.10. The number of aryl methyl sites for hydroxylation is 4. The molecule has 2 N–H and O–H groups in total. The van der Waals surface area contributed by atoms with Gasteiger partial charge in [0.2, 0.25) is 5.78 Å². The molecule has 0 saturated carbocycles. The highest BCUT2D eigenvalue weighted by molar-refractivity contribution is 6.34. The van der Waals surface area contributed by atoms with Gasteiger partial charge in [-0.25, -0.2) is 4.98 Å². The van der Waals surface area contributed by atoms with Crippen LogP contribution in [-0.2, 0) is 24.2 Å². The molecule has 4 rings (SSSR count). The lowest BCUT2D eigenvalue weighted by molar-refractivity contribution is -0.114. The number of carbonyl (C=O) groups excluding carboxylic acids is 2. The highest BCUT2D eigenvalue weighted by Crippen LogP contribution is 2.23. The summed E-state index contributed by atoms with van der Waals surface area (Å²) < 4.78 is 2.13. The maximum Gasteiger partial charge on any atom is 0.203 e. The molecule has 0 radical (unpaired) electrons. The summed E-state index contributed by atoms with van der Waals surface area (Å²) >= 11 is 0. The van der Waals surface area contributed by atoms with Gasteiger partial charge in [-0.05, 0) is 79.4 Å². The molecule has 7 nitrogen and oxygen atoms in total. The Hall–Kier alpha value is -4.91. The predicted octanol–water partition coefficient (Wildman–Crippen LogP) is 5.82. The predicted molar refractivity (Wildman–Crippen MR) is 155 cm³/mol. The van der Waals surface area contributed by atoms with Crippen molar-refractivity contribution < 1.29 is 14.7 Å². The number of nitrogens with one attached hydrogen (secondary N) is 1. The van der Waals surface area contributed by atoms with Gasteiger partial charge in [0.05, 0.1) is 23.0 Å². The fourth-order valence-corrected chi connectivity index (χ4v) is 4.45. The standard InChI is InChI=1S/C32H30N4O3/c1-3-34-28(15-14-27(37)13-11-23-7-6-8-25(19-23)32(39)21-33)24-12-16-31(38)26(20-24)17-18-36-22(2)35-29-9-4-5-10-30(29)36/h3-10,12,14-16,19-21,33,38H,1,11,13,17-18H2,2H3/b15-14-,33-21?,34-28?. The molecule has 3 aromatic carbocycles. The van der Waals surface area contributed by atoms with Gasteiger partial charge in [-0.2, -0.15) is 0 Å². The van der Waals surface area contributed by atoms with Crippen LogP contribution in [0.15, 0.2) is 96.7 Å². The maximum absolute atomic E-state index is 12.6. The highest BCUT2D eigenvalue weighted by atomic mass is 16.3. The van der Waals surface area contributed by atoms with E-state index in [0.29, 0.717) is 30.7 Å². The van der Waals surface area contributed by atoms with E-state index in [0.717, 1.165) is 39.8 Å². The Morgan fingerprint density at radius 2 is 1.85 bits per heavy atom. The monoisotopic (exact) mass is 518 g/mol. The van der Waals surface area contributed by atoms with Crippen LogP contribution in [-0.4, -0.2) is 38.2 Å². The topological polar surface area (TPSA) is 108 Å². The van der Waals surface area contributed by atoms with E-state index in [4.69, 9.17) is 5.41 Å². The number of phenols is 1. The van der Waals surface area contributed by atoms with Crippen LogP contribution in [0.2, 0.25) is 0 Å². The zero-order chi connectivity index (χ0) is 27.8. The van der Waals surface area contributed by atoms with Gasteiger partial charge in [-0.1, -0.05) is 36.9 Å². The first-order valence-corrected chi connectivity index (χ1v) is 12.7. The Bertz CT molecular complexity index is 1610. The first-order valence-electron chi connectivity index (χ1n) is 12.7. The van der Waals surface area contributed by atoms with Gasteiger partial charge in [-0.15, -0.1) is 0 Å². The number of benzene rings is 3. The number of para-hydroxylation sites is 2. The van der Waals surface area contributed by atoms with Crippen molar-refractivity contribution in [2.75, 3.05) is 0 Å². The van der Waals surface area contributed by atoms with Gasteiger partial charge in [0.25, 0.3) is 0 Å². The number of hydrogen-bond acceptors (Lipinski definition) is 6. The van der Waals surface area contributed by atoms with Gasteiger partial charge in [0.15, 0.2) is 5.78 Å². The van der Waals surface area contributed by atoms with Crippen LogP contribution in [0.25, 0.3) is 11.0 Å². The summed E-state index contributed by atoms with van der Waals surface area (Å²) in [6, 6.07) is 20.2. The number of fused-ring (bicyclic) bond motifs is 1. The Kier molecular flexibility index (Phi) is 8.74. The van der Waals surface area contributed by atoms with Crippen molar-refractivity contribution in [1.82, 2.24) is 9.55 Å². The molecule has 0 saturated heterocycles. The normalized spacial score (nSPS) is 11.7. The number of aromatic hydroxyl groups is 1. The summed E-state index contributed by atoms with van der Waals surface area (Å²) in [6.07, 6.45) is 6.67. The van der Waals surface area contributed by atoms with E-state index in [2.05, 4.69) is 21.1 Å². The molecule has 7 heteroatoms. The molecule has 39 heavy (non-hydrogen) atoms. The number of phenolic OH excluding ortho intramolecular Hbond substituents is 1. The van der Waals surface area contributed by atoms with E-state index in [1.165, 1.54) is 12.3 Å². The fraction of sp³-hybridized carbons (Fsp3) is 0.156. The van der Waals surface area contributed by atoms with Crippen molar-refractivity contribution >= 4 is 34.5 Å². The minimum atomic E-state index is -0.366. The molecule has 4 aromatic rings. The summed E-state index contributed by atoms with van der Waals surface area (Å²) in [5, 5.41) is 17.7. The molecule has 0 aliphatic rings. The number of allylic oxidation sites excluding steroid dienone is 2. The number of imidazole rings is 1. The Labute approximate surface area is 227 Å². The van der Waals surface area contributed by atoms with Crippen molar-refractivity contribution in [1.29, 1.82) is 5.41 Å². The average molecular weight is 519 g/mol. The number of aliphatic imine (C=N–C) groups is 1. The van der Waals surface area contributed by atoms with Crippen LogP contribution in [0.4, 0.5) is 0 Å². The molecule has 0 spiro atoms. The van der Waals surface area contributed by atoms with Gasteiger partial charge < -0.3 is 15.1 Å². The largest absolute Gasteiger partial charge is 0.508 e. The third-order valence-corrected chi connectivity index (χ3v) is 6.49. The van der Waals surface area contributed by atoms with Crippen molar-refractivity contribution in [3.8, 4) is 5.75 Å². The van der Waals surface area contributed by atoms with Gasteiger partial charge in [-0.3, -0.25) is 14.6 Å². The van der Waals surface area contributed by atoms with E-state index in [1.54, 1.807) is 36.4 Å². The lowest BCUT2D eigenvalue weighted by atomic mass is 10.0. The third-order valence-electron chi connectivity index (χ3n) is 6.49. The Morgan fingerprint density at radius 3 is 2.64 bits per heavy atom. The first-order chi connectivity index (χ1) is 18.9. The highest BCUT2D eigenvalue weighted by Gasteiger charge is 2.11. The van der Waals surface area contributed by atoms with Crippen LogP contribution in [0.1, 0.15) is 39.3 Å². The molecule has 1 aromatic heterocycles. The zero-order valence-corrected chi connectivity index (χ0v) is 21.8. The molecule has 0 amide bonds. The summed E-state index contributed by atoms with van der Waals surface area (Å²) in [4.78, 5) is 33.3. The van der Waals surface area contributed by atoms with E-state index >= 15 is 0 Å². The number of rotatable bonds is 12. The number of Topliss-reactive ketones (excluding diaryl/α,β-unsaturated/α-hetero) is 1. The summed E-state index contributed by atoms with van der Waals surface area (Å²) in [7, 11) is 0. The van der Waals surface area contributed by atoms with Crippen LogP contribution in [0.3, 0.4) is 0 Å². The maximum atomic E-state index is 12.6. The van der Waals surface area contributed by atoms with Crippen LogP contribution in [0.5, 0.6) is 5.75 Å². The van der Waals surface area contributed by atoms with Gasteiger partial charge in [0.1, 0.15) is 11.6 Å². The van der Waals surface area contributed by atoms with Crippen LogP contribution >= 0.6 is 0 Å². The SMILES string of the molecule is C=CN=C(/C=C\C(=O)CCc1cccc(C(=O)C=N)c1)c1ccc(O)c(CCn2c(C)nc3ccccc32)c1. The van der Waals surface area contributed by atoms with Crippen LogP contribution in [0, 0.1) is 12.3 Å². The third kappa shape index (κ3) is 6.70. The van der Waals surface area contributed by atoms with Crippen molar-refractivity contribution in [3.05, 3.63) is 120 Å².